The van der Waals surface area contributed by atoms with Crippen LogP contribution in [0.25, 0.3) is 21.3 Å². The number of halogens is 1. The summed E-state index contributed by atoms with van der Waals surface area (Å²) < 4.78 is 1.55. The molecule has 0 bridgehead atoms. The van der Waals surface area contributed by atoms with Gasteiger partial charge in [0.1, 0.15) is 4.83 Å². The Bertz CT molecular complexity index is 1070. The largest absolute Gasteiger partial charge is 0.343 e. The summed E-state index contributed by atoms with van der Waals surface area (Å²) in [5.74, 6) is 0.107. The quantitative estimate of drug-likeness (QED) is 0.661. The molecule has 3 aromatic rings. The van der Waals surface area contributed by atoms with Gasteiger partial charge in [0.15, 0.2) is 0 Å². The zero-order chi connectivity index (χ0) is 19.0. The number of thiophene rings is 1. The van der Waals surface area contributed by atoms with Crippen molar-refractivity contribution in [3.63, 3.8) is 0 Å². The van der Waals surface area contributed by atoms with Crippen LogP contribution in [0.2, 0.25) is 5.02 Å². The smallest absolute Gasteiger partial charge is 0.262 e. The lowest BCUT2D eigenvalue weighted by molar-refractivity contribution is -0.130. The zero-order valence-electron chi connectivity index (χ0n) is 15.1. The van der Waals surface area contributed by atoms with Gasteiger partial charge in [-0.05, 0) is 37.5 Å². The van der Waals surface area contributed by atoms with E-state index >= 15 is 0 Å². The van der Waals surface area contributed by atoms with Crippen molar-refractivity contribution in [3.8, 4) is 11.1 Å². The fraction of sp³-hybridized carbons (Fsp3) is 0.350. The molecule has 5 nitrogen and oxygen atoms in total. The van der Waals surface area contributed by atoms with Gasteiger partial charge in [0.05, 0.1) is 11.7 Å². The van der Waals surface area contributed by atoms with Gasteiger partial charge < -0.3 is 4.90 Å². The number of benzene rings is 1. The molecule has 1 saturated heterocycles. The van der Waals surface area contributed by atoms with Crippen molar-refractivity contribution in [3.05, 3.63) is 50.8 Å². The average Bonchev–Trinajstić information content (AvgIpc) is 3.28. The molecule has 1 aliphatic rings. The highest BCUT2D eigenvalue weighted by atomic mass is 35.5. The first kappa shape index (κ1) is 18.2. The molecule has 0 saturated carbocycles. The third-order valence-electron chi connectivity index (χ3n) is 4.99. The van der Waals surface area contributed by atoms with Crippen LogP contribution in [0.5, 0.6) is 0 Å². The van der Waals surface area contributed by atoms with Crippen LogP contribution in [0.15, 0.2) is 35.4 Å². The van der Waals surface area contributed by atoms with Gasteiger partial charge in [-0.1, -0.05) is 23.7 Å². The Hall–Kier alpha value is -2.18. The Morgan fingerprint density at radius 3 is 2.81 bits per heavy atom. The van der Waals surface area contributed by atoms with E-state index in [1.54, 1.807) is 10.9 Å². The molecule has 3 heterocycles. The highest BCUT2D eigenvalue weighted by Gasteiger charge is 2.20. The summed E-state index contributed by atoms with van der Waals surface area (Å²) in [5, 5.41) is 1.24. The number of nitrogens with zero attached hydrogens (tertiary/aromatic N) is 3. The SMILES string of the molecule is Cc1sc2ncn(CCC(=O)N3CCCC3)c(=O)c2c1-c1cccc(Cl)c1. The third-order valence-corrected chi connectivity index (χ3v) is 6.24. The Morgan fingerprint density at radius 2 is 2.07 bits per heavy atom. The molecule has 1 fully saturated rings. The monoisotopic (exact) mass is 401 g/mol. The molecule has 27 heavy (non-hydrogen) atoms. The molecule has 0 aliphatic carbocycles. The minimum atomic E-state index is -0.103. The van der Waals surface area contributed by atoms with Gasteiger partial charge >= 0.3 is 0 Å². The van der Waals surface area contributed by atoms with Gasteiger partial charge in [0, 0.05) is 41.5 Å². The van der Waals surface area contributed by atoms with Crippen LogP contribution in [0.3, 0.4) is 0 Å². The minimum absolute atomic E-state index is 0.103. The minimum Gasteiger partial charge on any atom is -0.343 e. The maximum absolute atomic E-state index is 13.1. The van der Waals surface area contributed by atoms with Gasteiger partial charge in [0.25, 0.3) is 5.56 Å². The lowest BCUT2D eigenvalue weighted by atomic mass is 10.0. The fourth-order valence-corrected chi connectivity index (χ4v) is 4.82. The lowest BCUT2D eigenvalue weighted by Gasteiger charge is -2.15. The van der Waals surface area contributed by atoms with Gasteiger partial charge in [-0.25, -0.2) is 4.98 Å². The second kappa shape index (κ2) is 7.44. The van der Waals surface area contributed by atoms with E-state index in [4.69, 9.17) is 11.6 Å². The van der Waals surface area contributed by atoms with Crippen molar-refractivity contribution in [2.24, 2.45) is 0 Å². The van der Waals surface area contributed by atoms with E-state index in [1.807, 2.05) is 36.1 Å². The van der Waals surface area contributed by atoms with Crippen LogP contribution in [0.1, 0.15) is 24.1 Å². The summed E-state index contributed by atoms with van der Waals surface area (Å²) in [7, 11) is 0. The number of rotatable bonds is 4. The van der Waals surface area contributed by atoms with Gasteiger partial charge in [0.2, 0.25) is 5.91 Å². The number of carbonyl (C=O) groups excluding carboxylic acids is 1. The molecule has 1 amide bonds. The first-order valence-electron chi connectivity index (χ1n) is 9.07. The normalized spacial score (nSPS) is 14.2. The second-order valence-corrected chi connectivity index (χ2v) is 8.44. The first-order valence-corrected chi connectivity index (χ1v) is 10.3. The van der Waals surface area contributed by atoms with E-state index in [0.29, 0.717) is 23.4 Å². The van der Waals surface area contributed by atoms with E-state index in [-0.39, 0.29) is 11.5 Å². The summed E-state index contributed by atoms with van der Waals surface area (Å²) in [6.07, 6.45) is 4.01. The molecule has 4 rings (SSSR count). The first-order chi connectivity index (χ1) is 13.0. The standard InChI is InChI=1S/C20H20ClN3O2S/c1-13-17(14-5-4-6-15(21)11-14)18-19(27-13)22-12-24(20(18)26)10-7-16(25)23-8-2-3-9-23/h4-6,11-12H,2-3,7-10H2,1H3. The predicted octanol–water partition coefficient (Wildman–Crippen LogP) is 4.10. The number of carbonyl (C=O) groups is 1. The maximum atomic E-state index is 13.1. The maximum Gasteiger partial charge on any atom is 0.262 e. The Kier molecular flexibility index (Phi) is 5.02. The number of hydrogen-bond acceptors (Lipinski definition) is 4. The topological polar surface area (TPSA) is 55.2 Å². The van der Waals surface area contributed by atoms with Gasteiger partial charge in [-0.15, -0.1) is 11.3 Å². The molecule has 0 atom stereocenters. The third kappa shape index (κ3) is 3.51. The molecule has 7 heteroatoms. The molecule has 1 aromatic carbocycles. The van der Waals surface area contributed by atoms with Crippen LogP contribution < -0.4 is 5.56 Å². The lowest BCUT2D eigenvalue weighted by Crippen LogP contribution is -2.30. The molecular weight excluding hydrogens is 382 g/mol. The Balaban J connectivity index is 1.70. The van der Waals surface area contributed by atoms with Gasteiger partial charge in [-0.3, -0.25) is 14.2 Å². The Labute approximate surface area is 166 Å². The zero-order valence-corrected chi connectivity index (χ0v) is 16.6. The number of aryl methyl sites for hydroxylation is 2. The second-order valence-electron chi connectivity index (χ2n) is 6.80. The molecule has 1 aliphatic heterocycles. The van der Waals surface area contributed by atoms with E-state index < -0.39 is 0 Å². The van der Waals surface area contributed by atoms with Crippen LogP contribution in [0, 0.1) is 6.92 Å². The van der Waals surface area contributed by atoms with Crippen molar-refractivity contribution in [2.75, 3.05) is 13.1 Å². The molecule has 2 aromatic heterocycles. The number of hydrogen-bond donors (Lipinski definition) is 0. The van der Waals surface area contributed by atoms with Crippen LogP contribution >= 0.6 is 22.9 Å². The molecule has 0 radical (unpaired) electrons. The highest BCUT2D eigenvalue weighted by Crippen LogP contribution is 2.36. The summed E-state index contributed by atoms with van der Waals surface area (Å²) in [4.78, 5) is 33.5. The van der Waals surface area contributed by atoms with Crippen molar-refractivity contribution in [2.45, 2.75) is 32.7 Å². The molecule has 0 N–H and O–H groups in total. The summed E-state index contributed by atoms with van der Waals surface area (Å²) >= 11 is 7.65. The van der Waals surface area contributed by atoms with Crippen molar-refractivity contribution < 1.29 is 4.79 Å². The fourth-order valence-electron chi connectivity index (χ4n) is 3.63. The molecule has 0 unspecified atom stereocenters. The summed E-state index contributed by atoms with van der Waals surface area (Å²) in [6.45, 7) is 3.99. The molecule has 0 spiro atoms. The number of amides is 1. The average molecular weight is 402 g/mol. The molecule has 140 valence electrons. The Morgan fingerprint density at radius 1 is 1.30 bits per heavy atom. The van der Waals surface area contributed by atoms with Crippen LogP contribution in [-0.2, 0) is 11.3 Å². The summed E-state index contributed by atoms with van der Waals surface area (Å²) in [5.41, 5.74) is 1.69. The van der Waals surface area contributed by atoms with Crippen LogP contribution in [-0.4, -0.2) is 33.4 Å². The molecular formula is C20H20ClN3O2S. The van der Waals surface area contributed by atoms with Crippen molar-refractivity contribution >= 4 is 39.1 Å². The van der Waals surface area contributed by atoms with Crippen LogP contribution in [0.4, 0.5) is 0 Å². The van der Waals surface area contributed by atoms with Crippen molar-refractivity contribution in [1.29, 1.82) is 0 Å². The highest BCUT2D eigenvalue weighted by molar-refractivity contribution is 7.19. The van der Waals surface area contributed by atoms with E-state index in [2.05, 4.69) is 4.98 Å². The van der Waals surface area contributed by atoms with Crippen molar-refractivity contribution in [1.82, 2.24) is 14.5 Å². The van der Waals surface area contributed by atoms with E-state index in [0.717, 1.165) is 46.8 Å². The number of fused-ring (bicyclic) bond motifs is 1. The van der Waals surface area contributed by atoms with E-state index in [9.17, 15) is 9.59 Å². The van der Waals surface area contributed by atoms with Gasteiger partial charge in [-0.2, -0.15) is 0 Å². The number of aromatic nitrogens is 2. The summed E-state index contributed by atoms with van der Waals surface area (Å²) in [6, 6.07) is 7.51. The predicted molar refractivity (Wildman–Crippen MR) is 109 cm³/mol. The van der Waals surface area contributed by atoms with E-state index in [1.165, 1.54) is 11.3 Å². The number of likely N-dealkylation sites (tertiary alicyclic amines) is 1.